The van der Waals surface area contributed by atoms with Gasteiger partial charge in [0.05, 0.1) is 0 Å². The molecule has 1 aromatic heterocycles. The van der Waals surface area contributed by atoms with Crippen LogP contribution < -0.4 is 4.74 Å². The first-order valence-electron chi connectivity index (χ1n) is 9.51. The standard InChI is InChI=1S/C22H21F4NO5/c1-20(2,16-8-13(23)4-6-18(16)28)11-21(31,22(24,25)26)10-14-7-12-3-5-15(32-19(29)30)9-17(12)27-14/h3-9,27-28,31H,10-11H2,1-2H3,(H,29,30). The van der Waals surface area contributed by atoms with E-state index < -0.39 is 42.0 Å². The summed E-state index contributed by atoms with van der Waals surface area (Å²) in [5.74, 6) is -1.12. The Morgan fingerprint density at radius 3 is 2.41 bits per heavy atom. The average molecular weight is 455 g/mol. The van der Waals surface area contributed by atoms with Crippen molar-refractivity contribution in [3.05, 3.63) is 59.5 Å². The molecule has 0 saturated carbocycles. The Labute approximate surface area is 180 Å². The van der Waals surface area contributed by atoms with Gasteiger partial charge in [-0.3, -0.25) is 0 Å². The van der Waals surface area contributed by atoms with Crippen LogP contribution in [0.3, 0.4) is 0 Å². The first-order valence-corrected chi connectivity index (χ1v) is 9.51. The van der Waals surface area contributed by atoms with E-state index in [-0.39, 0.29) is 22.8 Å². The number of aromatic hydroxyl groups is 1. The number of nitrogens with one attached hydrogen (secondary N) is 1. The topological polar surface area (TPSA) is 103 Å². The molecule has 0 aliphatic heterocycles. The molecule has 1 atom stereocenters. The fourth-order valence-corrected chi connectivity index (χ4v) is 3.88. The van der Waals surface area contributed by atoms with E-state index in [1.54, 1.807) is 0 Å². The number of aromatic nitrogens is 1. The number of aromatic amines is 1. The monoisotopic (exact) mass is 455 g/mol. The second-order valence-electron chi connectivity index (χ2n) is 8.34. The predicted molar refractivity (Wildman–Crippen MR) is 107 cm³/mol. The van der Waals surface area contributed by atoms with Crippen LogP contribution in [0.5, 0.6) is 11.5 Å². The summed E-state index contributed by atoms with van der Waals surface area (Å²) in [7, 11) is 0. The highest BCUT2D eigenvalue weighted by molar-refractivity contribution is 5.82. The lowest BCUT2D eigenvalue weighted by molar-refractivity contribution is -0.266. The van der Waals surface area contributed by atoms with Crippen molar-refractivity contribution in [1.29, 1.82) is 0 Å². The van der Waals surface area contributed by atoms with Crippen molar-refractivity contribution in [3.8, 4) is 11.5 Å². The number of phenolic OH excluding ortho intramolecular Hbond substituents is 1. The zero-order chi connectivity index (χ0) is 23.9. The maximum absolute atomic E-state index is 14.0. The fourth-order valence-electron chi connectivity index (χ4n) is 3.88. The van der Waals surface area contributed by atoms with Crippen molar-refractivity contribution in [1.82, 2.24) is 4.98 Å². The quantitative estimate of drug-likeness (QED) is 0.230. The van der Waals surface area contributed by atoms with Gasteiger partial charge in [-0.2, -0.15) is 13.2 Å². The number of phenols is 1. The molecule has 0 saturated heterocycles. The molecule has 1 heterocycles. The molecule has 4 N–H and O–H groups in total. The zero-order valence-corrected chi connectivity index (χ0v) is 17.1. The highest BCUT2D eigenvalue weighted by atomic mass is 19.4. The summed E-state index contributed by atoms with van der Waals surface area (Å²) in [6.07, 6.45) is -8.28. The van der Waals surface area contributed by atoms with E-state index in [9.17, 15) is 32.6 Å². The summed E-state index contributed by atoms with van der Waals surface area (Å²) in [4.78, 5) is 13.4. The van der Waals surface area contributed by atoms with Crippen LogP contribution in [0.1, 0.15) is 31.5 Å². The van der Waals surface area contributed by atoms with Crippen molar-refractivity contribution < 1.29 is 42.4 Å². The van der Waals surface area contributed by atoms with Gasteiger partial charge in [-0.25, -0.2) is 9.18 Å². The van der Waals surface area contributed by atoms with Gasteiger partial charge in [0.25, 0.3) is 0 Å². The molecule has 1 unspecified atom stereocenters. The molecule has 2 aromatic carbocycles. The van der Waals surface area contributed by atoms with E-state index in [2.05, 4.69) is 9.72 Å². The number of aliphatic hydroxyl groups is 1. The van der Waals surface area contributed by atoms with Crippen LogP contribution in [0.15, 0.2) is 42.5 Å². The van der Waals surface area contributed by atoms with Crippen molar-refractivity contribution >= 4 is 17.1 Å². The molecule has 6 nitrogen and oxygen atoms in total. The Kier molecular flexibility index (Phi) is 5.86. The van der Waals surface area contributed by atoms with Crippen molar-refractivity contribution in [2.75, 3.05) is 0 Å². The molecule has 0 amide bonds. The number of benzene rings is 2. The van der Waals surface area contributed by atoms with Crippen LogP contribution in [0.4, 0.5) is 22.4 Å². The molecular formula is C22H21F4NO5. The van der Waals surface area contributed by atoms with Gasteiger partial charge in [-0.1, -0.05) is 13.8 Å². The smallest absolute Gasteiger partial charge is 0.508 e. The number of alkyl halides is 3. The number of fused-ring (bicyclic) bond motifs is 1. The molecule has 0 radical (unpaired) electrons. The first kappa shape index (κ1) is 23.4. The summed E-state index contributed by atoms with van der Waals surface area (Å²) in [5.41, 5.74) is -4.34. The summed E-state index contributed by atoms with van der Waals surface area (Å²) < 4.78 is 60.2. The molecule has 10 heteroatoms. The number of carbonyl (C=O) groups is 1. The van der Waals surface area contributed by atoms with E-state index in [1.165, 1.54) is 38.1 Å². The molecule has 3 aromatic rings. The van der Waals surface area contributed by atoms with E-state index in [4.69, 9.17) is 5.11 Å². The van der Waals surface area contributed by atoms with Gasteiger partial charge in [0.1, 0.15) is 17.3 Å². The van der Waals surface area contributed by atoms with E-state index in [0.29, 0.717) is 10.9 Å². The minimum atomic E-state index is -5.04. The Morgan fingerprint density at radius 1 is 1.09 bits per heavy atom. The summed E-state index contributed by atoms with van der Waals surface area (Å²) >= 11 is 0. The fraction of sp³-hybridized carbons (Fsp3) is 0.318. The summed E-state index contributed by atoms with van der Waals surface area (Å²) in [6.45, 7) is 2.75. The largest absolute Gasteiger partial charge is 0.511 e. The van der Waals surface area contributed by atoms with Crippen LogP contribution in [-0.4, -0.2) is 38.2 Å². The number of halogens is 4. The molecular weight excluding hydrogens is 434 g/mol. The Hall–Kier alpha value is -3.27. The third-order valence-electron chi connectivity index (χ3n) is 5.29. The number of ether oxygens (including phenoxy) is 1. The van der Waals surface area contributed by atoms with Crippen LogP contribution in [-0.2, 0) is 11.8 Å². The normalized spacial score (nSPS) is 14.3. The number of H-pyrrole nitrogens is 1. The Bertz CT molecular complexity index is 1150. The third-order valence-corrected chi connectivity index (χ3v) is 5.29. The van der Waals surface area contributed by atoms with Crippen molar-refractivity contribution in [3.63, 3.8) is 0 Å². The zero-order valence-electron chi connectivity index (χ0n) is 17.1. The van der Waals surface area contributed by atoms with E-state index >= 15 is 0 Å². The summed E-state index contributed by atoms with van der Waals surface area (Å²) in [5, 5.41) is 30.0. The van der Waals surface area contributed by atoms with Gasteiger partial charge in [0, 0.05) is 29.3 Å². The SMILES string of the molecule is CC(C)(CC(O)(Cc1cc2ccc(OC(=O)O)cc2[nH]1)C(F)(F)F)c1cc(F)ccc1O. The maximum Gasteiger partial charge on any atom is 0.511 e. The molecule has 0 fully saturated rings. The Morgan fingerprint density at radius 2 is 1.78 bits per heavy atom. The van der Waals surface area contributed by atoms with Crippen LogP contribution in [0, 0.1) is 5.82 Å². The van der Waals surface area contributed by atoms with Gasteiger partial charge in [0.15, 0.2) is 5.60 Å². The molecule has 32 heavy (non-hydrogen) atoms. The molecule has 172 valence electrons. The third kappa shape index (κ3) is 4.80. The molecule has 0 spiro atoms. The van der Waals surface area contributed by atoms with Crippen LogP contribution >= 0.6 is 0 Å². The van der Waals surface area contributed by atoms with Crippen molar-refractivity contribution in [2.24, 2.45) is 0 Å². The number of carboxylic acid groups (broad SMARTS) is 1. The number of rotatable bonds is 6. The van der Waals surface area contributed by atoms with Crippen LogP contribution in [0.2, 0.25) is 0 Å². The van der Waals surface area contributed by atoms with Gasteiger partial charge in [-0.05, 0) is 53.6 Å². The highest BCUT2D eigenvalue weighted by Crippen LogP contribution is 2.45. The second kappa shape index (κ2) is 8.01. The molecule has 0 aliphatic carbocycles. The predicted octanol–water partition coefficient (Wildman–Crippen LogP) is 5.27. The number of hydrogen-bond acceptors (Lipinski definition) is 4. The lowest BCUT2D eigenvalue weighted by Crippen LogP contribution is -2.50. The van der Waals surface area contributed by atoms with Crippen LogP contribution in [0.25, 0.3) is 10.9 Å². The highest BCUT2D eigenvalue weighted by Gasteiger charge is 2.56. The summed E-state index contributed by atoms with van der Waals surface area (Å²) in [6, 6.07) is 8.51. The van der Waals surface area contributed by atoms with Gasteiger partial charge < -0.3 is 25.0 Å². The first-order chi connectivity index (χ1) is 14.7. The lowest BCUT2D eigenvalue weighted by atomic mass is 9.73. The minimum absolute atomic E-state index is 0.0211. The lowest BCUT2D eigenvalue weighted by Gasteiger charge is -2.38. The molecule has 0 aliphatic rings. The van der Waals surface area contributed by atoms with E-state index in [1.807, 2.05) is 0 Å². The molecule has 3 rings (SSSR count). The minimum Gasteiger partial charge on any atom is -0.508 e. The molecule has 0 bridgehead atoms. The van der Waals surface area contributed by atoms with Gasteiger partial charge in [0.2, 0.25) is 0 Å². The van der Waals surface area contributed by atoms with Gasteiger partial charge >= 0.3 is 12.3 Å². The van der Waals surface area contributed by atoms with E-state index in [0.717, 1.165) is 18.2 Å². The van der Waals surface area contributed by atoms with Crippen molar-refractivity contribution in [2.45, 2.75) is 43.9 Å². The average Bonchev–Trinajstić information content (AvgIpc) is 3.02. The Balaban J connectivity index is 1.95. The second-order valence-corrected chi connectivity index (χ2v) is 8.34. The number of hydrogen-bond donors (Lipinski definition) is 4. The van der Waals surface area contributed by atoms with Gasteiger partial charge in [-0.15, -0.1) is 0 Å². The maximum atomic E-state index is 14.0.